The highest BCUT2D eigenvalue weighted by molar-refractivity contribution is 8.27. The highest BCUT2D eigenvalue weighted by Gasteiger charge is 2.33. The zero-order valence-electron chi connectivity index (χ0n) is 20.4. The molecule has 8 heteroatoms. The Kier molecular flexibility index (Phi) is 8.07. The fourth-order valence-electron chi connectivity index (χ4n) is 3.72. The van der Waals surface area contributed by atoms with E-state index in [0.29, 0.717) is 15.0 Å². The molecule has 1 aliphatic rings. The van der Waals surface area contributed by atoms with Crippen LogP contribution in [0.3, 0.4) is 0 Å². The van der Waals surface area contributed by atoms with Gasteiger partial charge in [0.05, 0.1) is 10.6 Å². The zero-order valence-corrected chi connectivity index (χ0v) is 22.0. The molecular formula is C28H27N3O3S2. The Hall–Kier alpha value is -3.62. The van der Waals surface area contributed by atoms with Gasteiger partial charge in [0.1, 0.15) is 5.75 Å². The van der Waals surface area contributed by atoms with E-state index in [4.69, 9.17) is 17.0 Å². The van der Waals surface area contributed by atoms with Crippen LogP contribution in [0.5, 0.6) is 5.75 Å². The van der Waals surface area contributed by atoms with Gasteiger partial charge in [-0.2, -0.15) is 0 Å². The average Bonchev–Trinajstić information content (AvgIpc) is 3.15. The lowest BCUT2D eigenvalue weighted by Crippen LogP contribution is -2.27. The molecule has 1 N–H and O–H groups in total. The number of amides is 2. The van der Waals surface area contributed by atoms with Crippen molar-refractivity contribution < 1.29 is 14.3 Å². The van der Waals surface area contributed by atoms with Gasteiger partial charge in [-0.1, -0.05) is 61.2 Å². The number of rotatable bonds is 8. The number of thiocarbonyl (C=S) groups is 1. The van der Waals surface area contributed by atoms with Crippen LogP contribution >= 0.6 is 24.0 Å². The van der Waals surface area contributed by atoms with Gasteiger partial charge in [0, 0.05) is 25.5 Å². The van der Waals surface area contributed by atoms with Crippen LogP contribution in [0.2, 0.25) is 0 Å². The number of ether oxygens (including phenoxy) is 1. The maximum absolute atomic E-state index is 13.1. The molecule has 1 aliphatic heterocycles. The highest BCUT2D eigenvalue weighted by Crippen LogP contribution is 2.36. The summed E-state index contributed by atoms with van der Waals surface area (Å²) in [4.78, 5) is 29.6. The van der Waals surface area contributed by atoms with E-state index in [1.165, 1.54) is 11.8 Å². The molecule has 184 valence electrons. The first-order valence-electron chi connectivity index (χ1n) is 11.5. The smallest absolute Gasteiger partial charge is 0.270 e. The second kappa shape index (κ2) is 11.4. The van der Waals surface area contributed by atoms with E-state index in [1.54, 1.807) is 23.1 Å². The van der Waals surface area contributed by atoms with Crippen molar-refractivity contribution in [3.63, 3.8) is 0 Å². The Balaban J connectivity index is 1.42. The van der Waals surface area contributed by atoms with Crippen molar-refractivity contribution in [2.75, 3.05) is 35.8 Å². The van der Waals surface area contributed by atoms with Crippen molar-refractivity contribution in [2.24, 2.45) is 0 Å². The summed E-state index contributed by atoms with van der Waals surface area (Å²) in [5, 5.41) is 2.90. The van der Waals surface area contributed by atoms with Gasteiger partial charge in [-0.25, -0.2) is 0 Å². The minimum atomic E-state index is -0.234. The molecule has 0 bridgehead atoms. The fourth-order valence-corrected chi connectivity index (χ4v) is 5.02. The normalized spacial score (nSPS) is 14.3. The lowest BCUT2D eigenvalue weighted by Gasteiger charge is -2.17. The summed E-state index contributed by atoms with van der Waals surface area (Å²) in [5.41, 5.74) is 4.42. The van der Waals surface area contributed by atoms with Crippen LogP contribution in [0.4, 0.5) is 17.1 Å². The third-order valence-corrected chi connectivity index (χ3v) is 6.92. The number of hydrogen-bond acceptors (Lipinski definition) is 6. The number of para-hydroxylation sites is 1. The van der Waals surface area contributed by atoms with E-state index in [9.17, 15) is 9.59 Å². The van der Waals surface area contributed by atoms with Gasteiger partial charge < -0.3 is 15.0 Å². The molecule has 6 nitrogen and oxygen atoms in total. The number of nitrogens with one attached hydrogen (secondary N) is 1. The van der Waals surface area contributed by atoms with Crippen LogP contribution in [-0.2, 0) is 16.0 Å². The van der Waals surface area contributed by atoms with E-state index in [0.717, 1.165) is 34.6 Å². The van der Waals surface area contributed by atoms with Gasteiger partial charge in [0.25, 0.3) is 11.8 Å². The van der Waals surface area contributed by atoms with E-state index >= 15 is 0 Å². The third kappa shape index (κ3) is 5.95. The third-order valence-electron chi connectivity index (χ3n) is 5.62. The molecule has 0 atom stereocenters. The van der Waals surface area contributed by atoms with Crippen LogP contribution in [0, 0.1) is 0 Å². The van der Waals surface area contributed by atoms with E-state index < -0.39 is 0 Å². The van der Waals surface area contributed by atoms with Crippen molar-refractivity contribution >= 4 is 63.3 Å². The number of hydrogen-bond donors (Lipinski definition) is 1. The predicted molar refractivity (Wildman–Crippen MR) is 153 cm³/mol. The second-order valence-corrected chi connectivity index (χ2v) is 10.0. The Morgan fingerprint density at radius 3 is 2.56 bits per heavy atom. The van der Waals surface area contributed by atoms with Gasteiger partial charge >= 0.3 is 0 Å². The minimum absolute atomic E-state index is 0.118. The monoisotopic (exact) mass is 517 g/mol. The minimum Gasteiger partial charge on any atom is -0.484 e. The quantitative estimate of drug-likeness (QED) is 0.304. The van der Waals surface area contributed by atoms with Crippen molar-refractivity contribution in [1.82, 2.24) is 0 Å². The van der Waals surface area contributed by atoms with E-state index in [2.05, 4.69) is 5.32 Å². The maximum Gasteiger partial charge on any atom is 0.270 e. The summed E-state index contributed by atoms with van der Waals surface area (Å²) in [6.07, 6.45) is 2.62. The van der Waals surface area contributed by atoms with Crippen LogP contribution < -0.4 is 19.9 Å². The first kappa shape index (κ1) is 25.5. The van der Waals surface area contributed by atoms with Crippen molar-refractivity contribution in [3.05, 3.63) is 88.8 Å². The molecule has 36 heavy (non-hydrogen) atoms. The molecule has 0 aromatic heterocycles. The lowest BCUT2D eigenvalue weighted by atomic mass is 10.1. The number of benzene rings is 3. The standard InChI is InChI=1S/C28H27N3O3S2/c1-4-20-9-5-6-11-24(20)29-26(32)18-34-23-10-7-8-19(16-23)17-25-27(33)31(28(35)36-25)22-14-12-21(13-15-22)30(2)3/h5-17H,4,18H2,1-3H3,(H,29,32)/b25-17-. The van der Waals surface area contributed by atoms with Gasteiger partial charge in [-0.05, 0) is 66.1 Å². The van der Waals surface area contributed by atoms with Crippen molar-refractivity contribution in [2.45, 2.75) is 13.3 Å². The molecule has 1 saturated heterocycles. The molecule has 3 aromatic rings. The topological polar surface area (TPSA) is 61.9 Å². The number of thioether (sulfide) groups is 1. The Morgan fingerprint density at radius 1 is 1.08 bits per heavy atom. The molecule has 2 amide bonds. The van der Waals surface area contributed by atoms with Crippen LogP contribution in [-0.4, -0.2) is 36.8 Å². The zero-order chi connectivity index (χ0) is 25.7. The number of nitrogens with zero attached hydrogens (tertiary/aromatic N) is 2. The highest BCUT2D eigenvalue weighted by atomic mass is 32.2. The first-order chi connectivity index (χ1) is 17.4. The summed E-state index contributed by atoms with van der Waals surface area (Å²) in [7, 11) is 3.93. The molecule has 1 heterocycles. The van der Waals surface area contributed by atoms with Crippen molar-refractivity contribution in [1.29, 1.82) is 0 Å². The van der Waals surface area contributed by atoms with Crippen LogP contribution in [0.1, 0.15) is 18.1 Å². The molecule has 0 radical (unpaired) electrons. The summed E-state index contributed by atoms with van der Waals surface area (Å²) < 4.78 is 6.20. The van der Waals surface area contributed by atoms with Crippen LogP contribution in [0.15, 0.2) is 77.7 Å². The summed E-state index contributed by atoms with van der Waals surface area (Å²) in [6, 6.07) is 22.7. The molecule has 0 aliphatic carbocycles. The van der Waals surface area contributed by atoms with Gasteiger partial charge in [-0.15, -0.1) is 0 Å². The Morgan fingerprint density at radius 2 is 1.83 bits per heavy atom. The van der Waals surface area contributed by atoms with Gasteiger partial charge in [-0.3, -0.25) is 14.5 Å². The summed E-state index contributed by atoms with van der Waals surface area (Å²) >= 11 is 6.76. The first-order valence-corrected chi connectivity index (χ1v) is 12.7. The van der Waals surface area contributed by atoms with E-state index in [1.807, 2.05) is 86.6 Å². The fraction of sp³-hybridized carbons (Fsp3) is 0.179. The van der Waals surface area contributed by atoms with Crippen LogP contribution in [0.25, 0.3) is 6.08 Å². The SMILES string of the molecule is CCc1ccccc1NC(=O)COc1cccc(/C=C2\SC(=S)N(c3ccc(N(C)C)cc3)C2=O)c1. The molecule has 0 spiro atoms. The van der Waals surface area contributed by atoms with Gasteiger partial charge in [0.2, 0.25) is 0 Å². The summed E-state index contributed by atoms with van der Waals surface area (Å²) in [6.45, 7) is 1.92. The molecule has 1 fully saturated rings. The molecule has 0 unspecified atom stereocenters. The maximum atomic E-state index is 13.1. The lowest BCUT2D eigenvalue weighted by molar-refractivity contribution is -0.118. The second-order valence-electron chi connectivity index (χ2n) is 8.35. The number of carbonyl (C=O) groups excluding carboxylic acids is 2. The number of carbonyl (C=O) groups is 2. The molecule has 0 saturated carbocycles. The number of aryl methyl sites for hydroxylation is 1. The predicted octanol–water partition coefficient (Wildman–Crippen LogP) is 5.74. The molecular weight excluding hydrogens is 490 g/mol. The van der Waals surface area contributed by atoms with Gasteiger partial charge in [0.15, 0.2) is 10.9 Å². The van der Waals surface area contributed by atoms with E-state index in [-0.39, 0.29) is 18.4 Å². The summed E-state index contributed by atoms with van der Waals surface area (Å²) in [5.74, 6) is 0.141. The Bertz CT molecular complexity index is 1320. The Labute approximate surface area is 220 Å². The molecule has 4 rings (SSSR count). The number of anilines is 3. The van der Waals surface area contributed by atoms with Crippen molar-refractivity contribution in [3.8, 4) is 5.75 Å². The average molecular weight is 518 g/mol. The molecule has 3 aromatic carbocycles. The largest absolute Gasteiger partial charge is 0.484 e.